The molecule has 0 saturated carbocycles. The molecule has 4 aromatic rings. The van der Waals surface area contributed by atoms with Crippen molar-refractivity contribution in [1.82, 2.24) is 0 Å². The second-order valence-electron chi connectivity index (χ2n) is 8.18. The first-order valence-corrected chi connectivity index (χ1v) is 10.8. The van der Waals surface area contributed by atoms with E-state index in [-0.39, 0.29) is 65.4 Å². The van der Waals surface area contributed by atoms with E-state index in [0.29, 0.717) is 0 Å². The number of carbonyl (C=O) groups excluding carboxylic acids is 1. The van der Waals surface area contributed by atoms with Crippen molar-refractivity contribution in [2.24, 2.45) is 15.0 Å². The summed E-state index contributed by atoms with van der Waals surface area (Å²) in [4.78, 5) is 18.9. The third-order valence-electron chi connectivity index (χ3n) is 6.19. The molecule has 6 rings (SSSR count). The van der Waals surface area contributed by atoms with Crippen molar-refractivity contribution in [3.8, 4) is 22.3 Å². The summed E-state index contributed by atoms with van der Waals surface area (Å²) in [6.45, 7) is 19.1. The van der Waals surface area contributed by atoms with Gasteiger partial charge in [-0.3, -0.25) is 6.79 Å². The first-order valence-electron chi connectivity index (χ1n) is 10.8. The quantitative estimate of drug-likeness (QED) is 0.105. The predicted octanol–water partition coefficient (Wildman–Crippen LogP) is 6.45. The SMILES string of the molecule is [CH-]=Nc1ccc2c(c1)Cc1cc(N)ccc1-2.[CH-]=Nc1ccc2c(c1)Cc1cc(N=[CH-])ccc1-2.[CH-]=O.[Y].[Y]. The van der Waals surface area contributed by atoms with Crippen LogP contribution in [0.4, 0.5) is 22.7 Å². The average Bonchev–Trinajstić information content (AvgIpc) is 3.45. The van der Waals surface area contributed by atoms with Crippen LogP contribution in [0.5, 0.6) is 0 Å². The number of hydrogen-bond acceptors (Lipinski definition) is 5. The summed E-state index contributed by atoms with van der Waals surface area (Å²) in [5, 5.41) is 0. The fraction of sp³-hybridized carbons (Fsp3) is 0.0667. The molecule has 0 atom stereocenters. The molecule has 0 heterocycles. The molecule has 2 radical (unpaired) electrons. The second-order valence-corrected chi connectivity index (χ2v) is 8.18. The summed E-state index contributed by atoms with van der Waals surface area (Å²) in [6.07, 6.45) is 1.80. The van der Waals surface area contributed by atoms with Gasteiger partial charge in [0.05, 0.1) is 0 Å². The molecule has 2 N–H and O–H groups in total. The first-order chi connectivity index (χ1) is 17.1. The molecule has 0 aromatic heterocycles. The van der Waals surface area contributed by atoms with E-state index in [2.05, 4.69) is 46.0 Å². The zero-order chi connectivity index (χ0) is 24.9. The van der Waals surface area contributed by atoms with Crippen LogP contribution in [0.1, 0.15) is 22.3 Å². The predicted molar refractivity (Wildman–Crippen MR) is 145 cm³/mol. The summed E-state index contributed by atoms with van der Waals surface area (Å²) in [6, 6.07) is 24.1. The van der Waals surface area contributed by atoms with Crippen LogP contribution in [0.2, 0.25) is 0 Å². The van der Waals surface area contributed by atoms with Gasteiger partial charge in [-0.15, -0.1) is 36.4 Å². The molecule has 0 spiro atoms. The molecular formula is C30H22N4OY2-4. The molecule has 37 heavy (non-hydrogen) atoms. The van der Waals surface area contributed by atoms with Crippen LogP contribution in [0.3, 0.4) is 0 Å². The van der Waals surface area contributed by atoms with Gasteiger partial charge < -0.3 is 25.5 Å². The second kappa shape index (κ2) is 13.9. The zero-order valence-corrected chi connectivity index (χ0v) is 25.8. The number of benzene rings is 4. The van der Waals surface area contributed by atoms with Crippen LogP contribution in [-0.4, -0.2) is 26.9 Å². The third-order valence-corrected chi connectivity index (χ3v) is 6.19. The van der Waals surface area contributed by atoms with Gasteiger partial charge in [0.1, 0.15) is 0 Å². The Balaban J connectivity index is 0.000000233. The molecule has 178 valence electrons. The molecule has 0 bridgehead atoms. The van der Waals surface area contributed by atoms with Crippen molar-refractivity contribution in [3.05, 3.63) is 95.1 Å². The Kier molecular flexibility index (Phi) is 11.6. The summed E-state index contributed by atoms with van der Waals surface area (Å²) in [5.41, 5.74) is 19.1. The fourth-order valence-corrected chi connectivity index (χ4v) is 4.64. The van der Waals surface area contributed by atoms with E-state index >= 15 is 0 Å². The van der Waals surface area contributed by atoms with Crippen LogP contribution in [0, 0.1) is 0 Å². The normalized spacial score (nSPS) is 10.7. The number of hydrogen-bond donors (Lipinski definition) is 1. The van der Waals surface area contributed by atoms with Crippen molar-refractivity contribution in [2.45, 2.75) is 12.8 Å². The third kappa shape index (κ3) is 6.53. The van der Waals surface area contributed by atoms with Gasteiger partial charge in [0.2, 0.25) is 0 Å². The zero-order valence-electron chi connectivity index (χ0n) is 20.1. The molecule has 2 aliphatic carbocycles. The van der Waals surface area contributed by atoms with Gasteiger partial charge in [-0.1, -0.05) is 58.0 Å². The van der Waals surface area contributed by atoms with Gasteiger partial charge in [-0.25, -0.2) is 0 Å². The summed E-state index contributed by atoms with van der Waals surface area (Å²) < 4.78 is 0. The summed E-state index contributed by atoms with van der Waals surface area (Å²) >= 11 is 0. The molecule has 7 heteroatoms. The van der Waals surface area contributed by atoms with Gasteiger partial charge in [0, 0.05) is 71.1 Å². The Morgan fingerprint density at radius 3 is 1.14 bits per heavy atom. The summed E-state index contributed by atoms with van der Waals surface area (Å²) in [7, 11) is 0. The minimum atomic E-state index is 0. The van der Waals surface area contributed by atoms with Gasteiger partial charge in [0.25, 0.3) is 0 Å². The van der Waals surface area contributed by atoms with E-state index in [1.165, 1.54) is 44.5 Å². The van der Waals surface area contributed by atoms with Crippen molar-refractivity contribution in [3.63, 3.8) is 0 Å². The van der Waals surface area contributed by atoms with Crippen molar-refractivity contribution in [2.75, 3.05) is 5.73 Å². The fourth-order valence-electron chi connectivity index (χ4n) is 4.64. The Hall–Kier alpha value is -2.43. The van der Waals surface area contributed by atoms with E-state index < -0.39 is 0 Å². The van der Waals surface area contributed by atoms with Crippen molar-refractivity contribution >= 4 is 49.7 Å². The Bertz CT molecular complexity index is 1410. The Morgan fingerprint density at radius 1 is 0.514 bits per heavy atom. The first kappa shape index (κ1) is 30.8. The average molecular weight is 632 g/mol. The van der Waals surface area contributed by atoms with Gasteiger partial charge in [-0.2, -0.15) is 20.2 Å². The molecule has 0 unspecified atom stereocenters. The largest absolute Gasteiger partial charge is 0.545 e. The smallest absolute Gasteiger partial charge is 0.0317 e. The maximum atomic E-state index is 7.75. The molecule has 0 saturated heterocycles. The molecule has 4 aromatic carbocycles. The van der Waals surface area contributed by atoms with Gasteiger partial charge >= 0.3 is 0 Å². The molecule has 0 fully saturated rings. The number of nitrogens with two attached hydrogens (primary N) is 1. The van der Waals surface area contributed by atoms with Gasteiger partial charge in [0.15, 0.2) is 0 Å². The monoisotopic (exact) mass is 632 g/mol. The summed E-state index contributed by atoms with van der Waals surface area (Å²) in [5.74, 6) is 0. The molecular weight excluding hydrogens is 610 g/mol. The number of rotatable bonds is 3. The van der Waals surface area contributed by atoms with E-state index in [1.807, 2.05) is 48.5 Å². The minimum Gasteiger partial charge on any atom is -0.545 e. The molecule has 0 amide bonds. The van der Waals surface area contributed by atoms with Crippen molar-refractivity contribution in [1.29, 1.82) is 0 Å². The van der Waals surface area contributed by atoms with Crippen LogP contribution in [0.15, 0.2) is 87.8 Å². The maximum Gasteiger partial charge on any atom is 0.0317 e. The van der Waals surface area contributed by atoms with E-state index in [4.69, 9.17) is 30.7 Å². The maximum absolute atomic E-state index is 7.75. The van der Waals surface area contributed by atoms with Gasteiger partial charge in [-0.05, 0) is 52.8 Å². The standard InChI is InChI=1S/C15H10N2.C14H11N2.CHO.2Y/c1-16-12-3-5-14-10(8-12)7-11-9-13(17-2)4-6-15(11)14;1-16-12-3-5-14-10(8-12)6-9-7-11(15)2-4-13(9)14;1-2;;/h1-6,8-9H,7H2;1-5,7-8H,6,15H2;1H;;/q-2;2*-1;;. The van der Waals surface area contributed by atoms with Crippen LogP contribution < -0.4 is 5.73 Å². The number of fused-ring (bicyclic) bond motifs is 6. The van der Waals surface area contributed by atoms with E-state index in [9.17, 15) is 0 Å². The van der Waals surface area contributed by atoms with E-state index in [1.54, 1.807) is 0 Å². The minimum absolute atomic E-state index is 0. The Morgan fingerprint density at radius 2 is 0.811 bits per heavy atom. The number of anilines is 1. The van der Waals surface area contributed by atoms with Crippen molar-refractivity contribution < 1.29 is 70.2 Å². The number of nitrogen functional groups attached to an aromatic ring is 1. The molecule has 0 aliphatic heterocycles. The molecule has 2 aliphatic rings. The van der Waals surface area contributed by atoms with E-state index in [0.717, 1.165) is 35.6 Å². The van der Waals surface area contributed by atoms with Crippen LogP contribution in [-0.2, 0) is 83.1 Å². The topological polar surface area (TPSA) is 80.2 Å². The molecule has 5 nitrogen and oxygen atoms in total. The van der Waals surface area contributed by atoms with Crippen LogP contribution >= 0.6 is 0 Å². The Labute approximate surface area is 268 Å². The number of aliphatic imine (C=N–C) groups is 3. The van der Waals surface area contributed by atoms with Crippen LogP contribution in [0.25, 0.3) is 22.3 Å². The number of nitrogens with zero attached hydrogens (tertiary/aromatic N) is 3.